The molecule has 0 saturated heterocycles. The largest absolute Gasteiger partial charge is 0.482 e. The minimum absolute atomic E-state index is 0.0585. The standard InChI is InChI=1S/C16H13N5O5S.C8H8N4O/c22-14-8-26-13-6-5-9(7-12(13)17-14)27(24,25)21-20-16-18-11-4-2-1-3-10(11)15(23)19-16;9-12-8-10-6-4-2-1-3-5(6)7(13)11-8/h1-7,21H,8H2,(H,17,22)(H2,18,19,20,23);1-4H,9H2,(H2,10,11,12,13). The molecule has 1 aliphatic rings. The quantitative estimate of drug-likeness (QED) is 0.117. The molecule has 6 rings (SSSR count). The van der Waals surface area contributed by atoms with E-state index in [0.29, 0.717) is 27.6 Å². The maximum absolute atomic E-state index is 12.5. The Kier molecular flexibility index (Phi) is 7.11. The highest BCUT2D eigenvalue weighted by atomic mass is 32.2. The number of hydrogen-bond acceptors (Lipinski definition) is 11. The molecule has 3 aromatic carbocycles. The van der Waals surface area contributed by atoms with E-state index in [0.717, 1.165) is 0 Å². The van der Waals surface area contributed by atoms with Gasteiger partial charge in [0.15, 0.2) is 6.61 Å². The van der Waals surface area contributed by atoms with Crippen LogP contribution in [-0.4, -0.2) is 40.9 Å². The van der Waals surface area contributed by atoms with Crippen molar-refractivity contribution in [1.29, 1.82) is 0 Å². The van der Waals surface area contributed by atoms with Gasteiger partial charge in [0.1, 0.15) is 5.75 Å². The van der Waals surface area contributed by atoms with E-state index in [-0.39, 0.29) is 40.6 Å². The van der Waals surface area contributed by atoms with Crippen LogP contribution in [0.25, 0.3) is 21.8 Å². The van der Waals surface area contributed by atoms with E-state index in [1.807, 2.05) is 6.07 Å². The summed E-state index contributed by atoms with van der Waals surface area (Å²) in [6.07, 6.45) is 0. The van der Waals surface area contributed by atoms with Gasteiger partial charge in [-0.25, -0.2) is 24.2 Å². The lowest BCUT2D eigenvalue weighted by molar-refractivity contribution is -0.118. The number of aromatic nitrogens is 4. The van der Waals surface area contributed by atoms with Crippen molar-refractivity contribution in [1.82, 2.24) is 24.8 Å². The van der Waals surface area contributed by atoms with Crippen LogP contribution in [0.2, 0.25) is 0 Å². The lowest BCUT2D eigenvalue weighted by Gasteiger charge is -2.18. The van der Waals surface area contributed by atoms with Gasteiger partial charge in [-0.2, -0.15) is 0 Å². The number of nitrogen functional groups attached to an aromatic ring is 1. The average Bonchev–Trinajstić information content (AvgIpc) is 2.96. The molecule has 0 spiro atoms. The number of benzene rings is 3. The van der Waals surface area contributed by atoms with Crippen LogP contribution in [0, 0.1) is 0 Å². The highest BCUT2D eigenvalue weighted by Crippen LogP contribution is 2.30. The van der Waals surface area contributed by atoms with Crippen molar-refractivity contribution < 1.29 is 17.9 Å². The molecule has 204 valence electrons. The predicted octanol–water partition coefficient (Wildman–Crippen LogP) is 0.768. The number of nitrogens with two attached hydrogens (primary N) is 1. The molecule has 16 heteroatoms. The molecule has 0 atom stereocenters. The van der Waals surface area contributed by atoms with Crippen LogP contribution >= 0.6 is 0 Å². The van der Waals surface area contributed by atoms with E-state index >= 15 is 0 Å². The molecule has 0 radical (unpaired) electrons. The Hall–Kier alpha value is -5.32. The number of aromatic amines is 2. The number of carbonyl (C=O) groups is 1. The Balaban J connectivity index is 0.000000207. The highest BCUT2D eigenvalue weighted by molar-refractivity contribution is 7.89. The molecule has 0 aliphatic carbocycles. The first-order valence-electron chi connectivity index (χ1n) is 11.5. The second-order valence-corrected chi connectivity index (χ2v) is 9.92. The van der Waals surface area contributed by atoms with Gasteiger partial charge in [-0.15, -0.1) is 4.83 Å². The number of hydrazine groups is 2. The number of nitrogens with zero attached hydrogens (tertiary/aromatic N) is 2. The summed E-state index contributed by atoms with van der Waals surface area (Å²) in [4.78, 5) is 49.9. The summed E-state index contributed by atoms with van der Waals surface area (Å²) in [7, 11) is -4.01. The van der Waals surface area contributed by atoms with Crippen LogP contribution < -0.4 is 42.7 Å². The van der Waals surface area contributed by atoms with Crippen LogP contribution in [-0.2, 0) is 14.8 Å². The zero-order valence-corrected chi connectivity index (χ0v) is 21.2. The number of amides is 1. The minimum atomic E-state index is -4.01. The third-order valence-corrected chi connectivity index (χ3v) is 6.81. The predicted molar refractivity (Wildman–Crippen MR) is 147 cm³/mol. The van der Waals surface area contributed by atoms with E-state index in [9.17, 15) is 22.8 Å². The summed E-state index contributed by atoms with van der Waals surface area (Å²) in [5.41, 5.74) is 5.37. The minimum Gasteiger partial charge on any atom is -0.482 e. The molecule has 8 N–H and O–H groups in total. The van der Waals surface area contributed by atoms with E-state index in [4.69, 9.17) is 10.6 Å². The van der Waals surface area contributed by atoms with Gasteiger partial charge < -0.3 is 10.1 Å². The third kappa shape index (κ3) is 5.58. The van der Waals surface area contributed by atoms with Gasteiger partial charge in [-0.05, 0) is 42.5 Å². The Labute approximate surface area is 224 Å². The van der Waals surface area contributed by atoms with Gasteiger partial charge >= 0.3 is 0 Å². The lowest BCUT2D eigenvalue weighted by Crippen LogP contribution is -2.32. The van der Waals surface area contributed by atoms with Crippen molar-refractivity contribution in [3.8, 4) is 5.75 Å². The number of anilines is 3. The summed E-state index contributed by atoms with van der Waals surface area (Å²) in [5.74, 6) is 5.34. The van der Waals surface area contributed by atoms with Crippen LogP contribution in [0.4, 0.5) is 17.6 Å². The van der Waals surface area contributed by atoms with Gasteiger partial charge in [-0.1, -0.05) is 24.3 Å². The number of para-hydroxylation sites is 2. The fourth-order valence-electron chi connectivity index (χ4n) is 3.70. The van der Waals surface area contributed by atoms with Crippen molar-refractivity contribution in [2.24, 2.45) is 5.84 Å². The number of ether oxygens (including phenoxy) is 1. The van der Waals surface area contributed by atoms with Crippen molar-refractivity contribution in [2.45, 2.75) is 4.90 Å². The molecule has 0 unspecified atom stereocenters. The third-order valence-electron chi connectivity index (χ3n) is 5.56. The van der Waals surface area contributed by atoms with Gasteiger partial charge in [0.2, 0.25) is 11.9 Å². The smallest absolute Gasteiger partial charge is 0.262 e. The first kappa shape index (κ1) is 26.3. The molecule has 0 saturated carbocycles. The Morgan fingerprint density at radius 1 is 0.825 bits per heavy atom. The first-order chi connectivity index (χ1) is 19.2. The van der Waals surface area contributed by atoms with Gasteiger partial charge in [-0.3, -0.25) is 35.2 Å². The van der Waals surface area contributed by atoms with Crippen molar-refractivity contribution >= 4 is 55.3 Å². The number of sulfonamides is 1. The maximum Gasteiger partial charge on any atom is 0.262 e. The normalized spacial score (nSPS) is 12.5. The second-order valence-electron chi connectivity index (χ2n) is 8.23. The van der Waals surface area contributed by atoms with E-state index in [1.54, 1.807) is 42.5 Å². The number of fused-ring (bicyclic) bond motifs is 3. The summed E-state index contributed by atoms with van der Waals surface area (Å²) >= 11 is 0. The number of rotatable bonds is 5. The second kappa shape index (κ2) is 10.8. The molecule has 15 nitrogen and oxygen atoms in total. The van der Waals surface area contributed by atoms with Crippen LogP contribution in [0.1, 0.15) is 0 Å². The molecule has 2 aromatic heterocycles. The zero-order valence-electron chi connectivity index (χ0n) is 20.4. The van der Waals surface area contributed by atoms with E-state index in [1.165, 1.54) is 18.2 Å². The molecule has 5 aromatic rings. The summed E-state index contributed by atoms with van der Waals surface area (Å²) in [5, 5.41) is 3.48. The van der Waals surface area contributed by atoms with Crippen LogP contribution in [0.15, 0.2) is 81.2 Å². The Bertz CT molecular complexity index is 1970. The summed E-state index contributed by atoms with van der Waals surface area (Å²) < 4.78 is 30.1. The topological polar surface area (TPSA) is 226 Å². The molecule has 3 heterocycles. The average molecular weight is 564 g/mol. The van der Waals surface area contributed by atoms with E-state index < -0.39 is 15.6 Å². The molecular weight excluding hydrogens is 542 g/mol. The first-order valence-corrected chi connectivity index (χ1v) is 13.0. The summed E-state index contributed by atoms with van der Waals surface area (Å²) in [6.45, 7) is -0.125. The molecule has 0 bridgehead atoms. The Morgan fingerprint density at radius 2 is 1.43 bits per heavy atom. The fraction of sp³-hybridized carbons (Fsp3) is 0.0417. The number of H-pyrrole nitrogens is 2. The monoisotopic (exact) mass is 563 g/mol. The summed E-state index contributed by atoms with van der Waals surface area (Å²) in [6, 6.07) is 17.8. The number of carbonyl (C=O) groups excluding carboxylic acids is 1. The maximum atomic E-state index is 12.5. The Morgan fingerprint density at radius 3 is 2.08 bits per heavy atom. The van der Waals surface area contributed by atoms with Crippen molar-refractivity contribution in [2.75, 3.05) is 22.8 Å². The lowest BCUT2D eigenvalue weighted by atomic mass is 10.2. The highest BCUT2D eigenvalue weighted by Gasteiger charge is 2.21. The van der Waals surface area contributed by atoms with Gasteiger partial charge in [0, 0.05) is 0 Å². The molecule has 1 amide bonds. The SMILES string of the molecule is NNc1nc2ccccc2c(=O)[nH]1.O=C1COc2ccc(S(=O)(=O)NNc3nc4ccccc4c(=O)[nH]3)cc2N1. The van der Waals surface area contributed by atoms with Crippen molar-refractivity contribution in [3.63, 3.8) is 0 Å². The number of nitrogens with one attached hydrogen (secondary N) is 6. The van der Waals surface area contributed by atoms with Crippen molar-refractivity contribution in [3.05, 3.63) is 87.4 Å². The van der Waals surface area contributed by atoms with E-state index in [2.05, 4.69) is 40.9 Å². The molecule has 40 heavy (non-hydrogen) atoms. The van der Waals surface area contributed by atoms with Gasteiger partial charge in [0.25, 0.3) is 27.0 Å². The fourth-order valence-corrected chi connectivity index (χ4v) is 4.57. The number of hydrogen-bond donors (Lipinski definition) is 7. The molecule has 1 aliphatic heterocycles. The van der Waals surface area contributed by atoms with Crippen LogP contribution in [0.3, 0.4) is 0 Å². The molecular formula is C24H21N9O6S. The molecule has 0 fully saturated rings. The zero-order chi connectivity index (χ0) is 28.3. The van der Waals surface area contributed by atoms with Crippen LogP contribution in [0.5, 0.6) is 5.75 Å². The van der Waals surface area contributed by atoms with Gasteiger partial charge in [0.05, 0.1) is 32.4 Å².